The van der Waals surface area contributed by atoms with E-state index in [4.69, 9.17) is 4.74 Å². The molecule has 3 aliphatic rings. The quantitative estimate of drug-likeness (QED) is 0.368. The Kier molecular flexibility index (Phi) is 12.1. The fraction of sp³-hybridized carbons (Fsp3) is 0.667. The summed E-state index contributed by atoms with van der Waals surface area (Å²) < 4.78 is 5.93. The molecule has 1 aliphatic carbocycles. The van der Waals surface area contributed by atoms with E-state index in [9.17, 15) is 19.5 Å². The second-order valence-corrected chi connectivity index (χ2v) is 12.1. The van der Waals surface area contributed by atoms with E-state index in [-0.39, 0.29) is 55.4 Å². The number of hydrogen-bond acceptors (Lipinski definition) is 5. The smallest absolute Gasteiger partial charge is 0.309 e. The summed E-state index contributed by atoms with van der Waals surface area (Å²) in [5.41, 5.74) is 1.13. The number of carbonyl (C=O) groups excluding carboxylic acids is 3. The number of amides is 2. The van der Waals surface area contributed by atoms with Crippen LogP contribution in [0.2, 0.25) is 0 Å². The lowest BCUT2D eigenvalue weighted by molar-refractivity contribution is -0.150. The second-order valence-electron chi connectivity index (χ2n) is 12.1. The molecular weight excluding hydrogens is 504 g/mol. The van der Waals surface area contributed by atoms with Crippen molar-refractivity contribution < 1.29 is 24.2 Å². The van der Waals surface area contributed by atoms with Gasteiger partial charge in [0.25, 0.3) is 0 Å². The van der Waals surface area contributed by atoms with Crippen LogP contribution in [0, 0.1) is 17.8 Å². The van der Waals surface area contributed by atoms with Gasteiger partial charge in [0.2, 0.25) is 11.8 Å². The first-order valence-corrected chi connectivity index (χ1v) is 15.6. The van der Waals surface area contributed by atoms with E-state index in [1.54, 1.807) is 4.90 Å². The largest absolute Gasteiger partial charge is 0.463 e. The number of nitrogens with zero attached hydrogens (tertiary/aromatic N) is 1. The van der Waals surface area contributed by atoms with Crippen LogP contribution in [0.15, 0.2) is 42.5 Å². The van der Waals surface area contributed by atoms with E-state index in [1.165, 1.54) is 19.3 Å². The van der Waals surface area contributed by atoms with Gasteiger partial charge in [-0.2, -0.15) is 0 Å². The molecule has 0 aromatic heterocycles. The zero-order chi connectivity index (χ0) is 28.2. The molecule has 7 nitrogen and oxygen atoms in total. The van der Waals surface area contributed by atoms with Crippen molar-refractivity contribution in [1.82, 2.24) is 10.2 Å². The van der Waals surface area contributed by atoms with E-state index in [0.29, 0.717) is 25.3 Å². The van der Waals surface area contributed by atoms with Crippen molar-refractivity contribution in [3.8, 4) is 0 Å². The molecule has 0 bridgehead atoms. The first-order valence-electron chi connectivity index (χ1n) is 15.6. The Hall–Kier alpha value is -2.67. The van der Waals surface area contributed by atoms with Gasteiger partial charge in [0.1, 0.15) is 6.61 Å². The van der Waals surface area contributed by atoms with Gasteiger partial charge in [0.15, 0.2) is 0 Å². The van der Waals surface area contributed by atoms with Gasteiger partial charge in [-0.1, -0.05) is 74.6 Å². The summed E-state index contributed by atoms with van der Waals surface area (Å²) in [4.78, 5) is 41.8. The number of benzene rings is 1. The predicted octanol–water partition coefficient (Wildman–Crippen LogP) is 4.96. The van der Waals surface area contributed by atoms with Crippen LogP contribution >= 0.6 is 0 Å². The third kappa shape index (κ3) is 9.18. The molecule has 2 heterocycles. The van der Waals surface area contributed by atoms with Crippen molar-refractivity contribution in [3.05, 3.63) is 48.0 Å². The highest BCUT2D eigenvalue weighted by Crippen LogP contribution is 2.28. The predicted molar refractivity (Wildman–Crippen MR) is 155 cm³/mol. The molecule has 2 amide bonds. The molecule has 4 rings (SSSR count). The molecule has 1 saturated carbocycles. The normalized spacial score (nSPS) is 27.6. The van der Waals surface area contributed by atoms with Gasteiger partial charge >= 0.3 is 5.97 Å². The Morgan fingerprint density at radius 3 is 2.52 bits per heavy atom. The number of nitrogens with one attached hydrogen (secondary N) is 1. The van der Waals surface area contributed by atoms with Crippen LogP contribution in [0.3, 0.4) is 0 Å². The fourth-order valence-electron chi connectivity index (χ4n) is 6.64. The summed E-state index contributed by atoms with van der Waals surface area (Å²) in [6.45, 7) is 0.767. The molecular formula is C33H48N2O5. The number of allylic oxidation sites excluding steroid dienone is 2. The highest BCUT2D eigenvalue weighted by atomic mass is 16.5. The maximum atomic E-state index is 13.6. The zero-order valence-corrected chi connectivity index (χ0v) is 24.0. The van der Waals surface area contributed by atoms with Crippen molar-refractivity contribution in [2.75, 3.05) is 19.8 Å². The molecule has 1 aromatic rings. The summed E-state index contributed by atoms with van der Waals surface area (Å²) in [6, 6.07) is 9.67. The van der Waals surface area contributed by atoms with Gasteiger partial charge in [0.05, 0.1) is 30.5 Å². The number of hydrogen-bond donors (Lipinski definition) is 2. The van der Waals surface area contributed by atoms with Crippen LogP contribution in [0.5, 0.6) is 0 Å². The number of ether oxygens (including phenoxy) is 1. The van der Waals surface area contributed by atoms with Gasteiger partial charge in [-0.05, 0) is 62.8 Å². The van der Waals surface area contributed by atoms with Crippen LogP contribution in [-0.2, 0) is 25.5 Å². The Morgan fingerprint density at radius 1 is 0.950 bits per heavy atom. The SMILES string of the molecule is O=C1N[C@@H](CC2CCCCC2)COC(=O)[C@@H](Cc2ccccc2)CCCC=CC[C@@H]1CC(=O)N1CCC[C@H]1CO. The van der Waals surface area contributed by atoms with Crippen molar-refractivity contribution >= 4 is 17.8 Å². The molecule has 40 heavy (non-hydrogen) atoms. The molecule has 4 atom stereocenters. The van der Waals surface area contributed by atoms with Gasteiger partial charge in [-0.3, -0.25) is 14.4 Å². The van der Waals surface area contributed by atoms with E-state index in [1.807, 2.05) is 24.3 Å². The average molecular weight is 553 g/mol. The number of aliphatic hydroxyl groups excluding tert-OH is 1. The van der Waals surface area contributed by atoms with E-state index < -0.39 is 5.92 Å². The standard InChI is InChI=1S/C33H48N2O5/c36-23-30-18-11-19-35(30)31(37)22-27-16-9-1-2-10-17-28(20-25-12-5-3-6-13-25)33(39)40-24-29(34-32(27)38)21-26-14-7-4-8-15-26/h1,3,5-6,9,12-13,26-30,36H,2,4,7-8,10-11,14-24H2,(H,34,38)/t27-,28-,29+,30+/m1/s1. The molecule has 7 heteroatoms. The molecule has 0 unspecified atom stereocenters. The van der Waals surface area contributed by atoms with Crippen LogP contribution < -0.4 is 5.32 Å². The van der Waals surface area contributed by atoms with Crippen molar-refractivity contribution in [2.45, 2.75) is 102 Å². The Morgan fingerprint density at radius 2 is 1.75 bits per heavy atom. The van der Waals surface area contributed by atoms with Crippen molar-refractivity contribution in [1.29, 1.82) is 0 Å². The summed E-state index contributed by atoms with van der Waals surface area (Å²) in [7, 11) is 0. The Labute approximate surface area is 239 Å². The zero-order valence-electron chi connectivity index (χ0n) is 24.0. The third-order valence-electron chi connectivity index (χ3n) is 8.98. The topological polar surface area (TPSA) is 95.9 Å². The number of cyclic esters (lactones) is 1. The van der Waals surface area contributed by atoms with Crippen LogP contribution in [-0.4, -0.2) is 59.6 Å². The molecule has 0 radical (unpaired) electrons. The Bertz CT molecular complexity index is 974. The van der Waals surface area contributed by atoms with E-state index in [0.717, 1.165) is 56.9 Å². The molecule has 2 fully saturated rings. The number of esters is 1. The lowest BCUT2D eigenvalue weighted by Crippen LogP contribution is -2.45. The summed E-state index contributed by atoms with van der Waals surface area (Å²) in [5.74, 6) is -0.593. The number of aliphatic hydroxyl groups is 1. The molecule has 1 aromatic carbocycles. The number of carbonyl (C=O) groups is 3. The molecule has 220 valence electrons. The summed E-state index contributed by atoms with van der Waals surface area (Å²) in [6.07, 6.45) is 16.2. The number of rotatable bonds is 7. The first kappa shape index (κ1) is 30.3. The van der Waals surface area contributed by atoms with Gasteiger partial charge in [-0.15, -0.1) is 0 Å². The third-order valence-corrected chi connectivity index (χ3v) is 8.98. The molecule has 2 aliphatic heterocycles. The fourth-order valence-corrected chi connectivity index (χ4v) is 6.64. The minimum absolute atomic E-state index is 0.0391. The monoisotopic (exact) mass is 552 g/mol. The summed E-state index contributed by atoms with van der Waals surface area (Å²) >= 11 is 0. The second kappa shape index (κ2) is 15.9. The molecule has 1 saturated heterocycles. The maximum Gasteiger partial charge on any atom is 0.309 e. The van der Waals surface area contributed by atoms with Crippen LogP contribution in [0.4, 0.5) is 0 Å². The summed E-state index contributed by atoms with van der Waals surface area (Å²) in [5, 5.41) is 12.9. The van der Waals surface area contributed by atoms with Crippen LogP contribution in [0.1, 0.15) is 89.0 Å². The Balaban J connectivity index is 1.47. The maximum absolute atomic E-state index is 13.6. The van der Waals surface area contributed by atoms with E-state index in [2.05, 4.69) is 23.5 Å². The van der Waals surface area contributed by atoms with E-state index >= 15 is 0 Å². The van der Waals surface area contributed by atoms with Crippen LogP contribution in [0.25, 0.3) is 0 Å². The lowest BCUT2D eigenvalue weighted by atomic mass is 9.84. The molecule has 0 spiro atoms. The highest BCUT2D eigenvalue weighted by molar-refractivity contribution is 5.86. The average Bonchev–Trinajstić information content (AvgIpc) is 3.46. The van der Waals surface area contributed by atoms with Crippen molar-refractivity contribution in [2.24, 2.45) is 17.8 Å². The van der Waals surface area contributed by atoms with Gasteiger partial charge in [-0.25, -0.2) is 0 Å². The lowest BCUT2D eigenvalue weighted by Gasteiger charge is -2.29. The first-order chi connectivity index (χ1) is 19.5. The van der Waals surface area contributed by atoms with Gasteiger partial charge in [0, 0.05) is 13.0 Å². The van der Waals surface area contributed by atoms with Crippen molar-refractivity contribution in [3.63, 3.8) is 0 Å². The van der Waals surface area contributed by atoms with Gasteiger partial charge < -0.3 is 20.1 Å². The minimum atomic E-state index is -0.484. The molecule has 2 N–H and O–H groups in total. The number of likely N-dealkylation sites (tertiary alicyclic amines) is 1. The minimum Gasteiger partial charge on any atom is -0.463 e. The highest BCUT2D eigenvalue weighted by Gasteiger charge is 2.32.